The lowest BCUT2D eigenvalue weighted by Crippen LogP contribution is -2.15. The highest BCUT2D eigenvalue weighted by atomic mass is 16.5. The molecule has 1 aromatic heterocycles. The second-order valence-corrected chi connectivity index (χ2v) is 3.68. The van der Waals surface area contributed by atoms with E-state index in [9.17, 15) is 4.79 Å². The lowest BCUT2D eigenvalue weighted by atomic mass is 10.2. The lowest BCUT2D eigenvalue weighted by Gasteiger charge is -2.12. The van der Waals surface area contributed by atoms with Crippen LogP contribution in [-0.2, 0) is 4.74 Å². The van der Waals surface area contributed by atoms with E-state index in [0.717, 1.165) is 6.42 Å². The summed E-state index contributed by atoms with van der Waals surface area (Å²) >= 11 is 0. The summed E-state index contributed by atoms with van der Waals surface area (Å²) in [6, 6.07) is 5.14. The topological polar surface area (TPSA) is 75.0 Å². The van der Waals surface area contributed by atoms with Gasteiger partial charge in [-0.2, -0.15) is 5.26 Å². The average molecular weight is 233 g/mol. The fourth-order valence-corrected chi connectivity index (χ4v) is 1.25. The molecule has 1 atom stereocenters. The Bertz CT molecular complexity index is 452. The van der Waals surface area contributed by atoms with Crippen molar-refractivity contribution in [3.8, 4) is 6.07 Å². The quantitative estimate of drug-likeness (QED) is 0.804. The third-order valence-corrected chi connectivity index (χ3v) is 2.37. The molecule has 1 rings (SSSR count). The van der Waals surface area contributed by atoms with E-state index in [2.05, 4.69) is 15.0 Å². The van der Waals surface area contributed by atoms with Crippen LogP contribution in [-0.4, -0.2) is 24.1 Å². The number of carbonyl (C=O) groups excluding carboxylic acids is 1. The number of nitriles is 1. The molecular weight excluding hydrogens is 218 g/mol. The van der Waals surface area contributed by atoms with E-state index in [0.29, 0.717) is 11.4 Å². The molecule has 17 heavy (non-hydrogen) atoms. The zero-order chi connectivity index (χ0) is 12.8. The van der Waals surface area contributed by atoms with Crippen molar-refractivity contribution in [2.24, 2.45) is 0 Å². The van der Waals surface area contributed by atoms with Crippen molar-refractivity contribution in [3.05, 3.63) is 23.4 Å². The SMILES string of the molecule is CCC(C)Nc1cc(C(=O)OC)cc(C#N)n1. The molecule has 0 fully saturated rings. The van der Waals surface area contributed by atoms with Gasteiger partial charge >= 0.3 is 5.97 Å². The van der Waals surface area contributed by atoms with Gasteiger partial charge in [-0.1, -0.05) is 6.92 Å². The van der Waals surface area contributed by atoms with Crippen LogP contribution < -0.4 is 5.32 Å². The highest BCUT2D eigenvalue weighted by Crippen LogP contribution is 2.13. The molecule has 0 aliphatic heterocycles. The van der Waals surface area contributed by atoms with Gasteiger partial charge in [0, 0.05) is 6.04 Å². The van der Waals surface area contributed by atoms with Crippen LogP contribution in [0.4, 0.5) is 5.82 Å². The number of aromatic nitrogens is 1. The van der Waals surface area contributed by atoms with E-state index >= 15 is 0 Å². The van der Waals surface area contributed by atoms with Crippen molar-refractivity contribution < 1.29 is 9.53 Å². The zero-order valence-electron chi connectivity index (χ0n) is 10.2. The molecule has 90 valence electrons. The molecule has 0 saturated carbocycles. The average Bonchev–Trinajstić information content (AvgIpc) is 2.36. The molecule has 0 amide bonds. The number of esters is 1. The van der Waals surface area contributed by atoms with E-state index < -0.39 is 5.97 Å². The molecule has 0 aromatic carbocycles. The standard InChI is InChI=1S/C12H15N3O2/c1-4-8(2)14-11-6-9(12(16)17-3)5-10(7-13)15-11/h5-6,8H,4H2,1-3H3,(H,14,15). The summed E-state index contributed by atoms with van der Waals surface area (Å²) in [7, 11) is 1.30. The molecule has 0 aliphatic carbocycles. The Hall–Kier alpha value is -2.09. The van der Waals surface area contributed by atoms with Gasteiger partial charge in [-0.15, -0.1) is 0 Å². The number of hydrogen-bond acceptors (Lipinski definition) is 5. The minimum atomic E-state index is -0.476. The molecule has 5 heteroatoms. The van der Waals surface area contributed by atoms with Crippen LogP contribution >= 0.6 is 0 Å². The number of carbonyl (C=O) groups is 1. The van der Waals surface area contributed by atoms with Crippen LogP contribution in [0.3, 0.4) is 0 Å². The van der Waals surface area contributed by atoms with Crippen LogP contribution in [0.5, 0.6) is 0 Å². The fourth-order valence-electron chi connectivity index (χ4n) is 1.25. The van der Waals surface area contributed by atoms with Gasteiger partial charge in [-0.3, -0.25) is 0 Å². The summed E-state index contributed by atoms with van der Waals surface area (Å²) < 4.78 is 4.62. The summed E-state index contributed by atoms with van der Waals surface area (Å²) in [5.74, 6) is 0.0369. The number of hydrogen-bond donors (Lipinski definition) is 1. The van der Waals surface area contributed by atoms with Gasteiger partial charge in [-0.25, -0.2) is 9.78 Å². The fraction of sp³-hybridized carbons (Fsp3) is 0.417. The van der Waals surface area contributed by atoms with E-state index in [-0.39, 0.29) is 11.7 Å². The third kappa shape index (κ3) is 3.45. The predicted octanol–water partition coefficient (Wildman–Crippen LogP) is 1.95. The molecule has 0 saturated heterocycles. The first kappa shape index (κ1) is 13.0. The Morgan fingerprint density at radius 1 is 1.65 bits per heavy atom. The maximum Gasteiger partial charge on any atom is 0.338 e. The number of pyridine rings is 1. The van der Waals surface area contributed by atoms with Crippen molar-refractivity contribution >= 4 is 11.8 Å². The van der Waals surface area contributed by atoms with Gasteiger partial charge in [0.2, 0.25) is 0 Å². The minimum absolute atomic E-state index is 0.193. The molecule has 1 heterocycles. The monoisotopic (exact) mass is 233 g/mol. The van der Waals surface area contributed by atoms with Crippen molar-refractivity contribution in [2.75, 3.05) is 12.4 Å². The second kappa shape index (κ2) is 5.85. The summed E-state index contributed by atoms with van der Waals surface area (Å²) in [6.07, 6.45) is 0.923. The number of ether oxygens (including phenoxy) is 1. The molecule has 1 aromatic rings. The zero-order valence-corrected chi connectivity index (χ0v) is 10.2. The molecule has 0 radical (unpaired) electrons. The Kier molecular flexibility index (Phi) is 4.46. The van der Waals surface area contributed by atoms with Gasteiger partial charge < -0.3 is 10.1 Å². The molecule has 0 bridgehead atoms. The largest absolute Gasteiger partial charge is 0.465 e. The molecule has 5 nitrogen and oxygen atoms in total. The second-order valence-electron chi connectivity index (χ2n) is 3.68. The van der Waals surface area contributed by atoms with Gasteiger partial charge in [0.25, 0.3) is 0 Å². The number of nitrogens with zero attached hydrogens (tertiary/aromatic N) is 2. The Labute approximate surface area is 100 Å². The molecule has 1 N–H and O–H groups in total. The highest BCUT2D eigenvalue weighted by molar-refractivity contribution is 5.90. The summed E-state index contributed by atoms with van der Waals surface area (Å²) in [5, 5.41) is 12.0. The van der Waals surface area contributed by atoms with Crippen molar-refractivity contribution in [1.82, 2.24) is 4.98 Å². The van der Waals surface area contributed by atoms with Gasteiger partial charge in [-0.05, 0) is 25.5 Å². The van der Waals surface area contributed by atoms with Crippen LogP contribution in [0.2, 0.25) is 0 Å². The number of rotatable bonds is 4. The van der Waals surface area contributed by atoms with E-state index in [4.69, 9.17) is 5.26 Å². The molecule has 1 unspecified atom stereocenters. The van der Waals surface area contributed by atoms with Gasteiger partial charge in [0.05, 0.1) is 12.7 Å². The predicted molar refractivity (Wildman–Crippen MR) is 63.7 cm³/mol. The Morgan fingerprint density at radius 2 is 2.35 bits per heavy atom. The summed E-state index contributed by atoms with van der Waals surface area (Å²) in [5.41, 5.74) is 0.517. The number of anilines is 1. The van der Waals surface area contributed by atoms with Crippen LogP contribution in [0.1, 0.15) is 36.3 Å². The maximum absolute atomic E-state index is 11.4. The number of nitrogens with one attached hydrogen (secondary N) is 1. The van der Waals surface area contributed by atoms with Crippen molar-refractivity contribution in [1.29, 1.82) is 5.26 Å². The maximum atomic E-state index is 11.4. The molecule has 0 aliphatic rings. The molecular formula is C12H15N3O2. The Morgan fingerprint density at radius 3 is 2.88 bits per heavy atom. The van der Waals surface area contributed by atoms with Crippen molar-refractivity contribution in [3.63, 3.8) is 0 Å². The smallest absolute Gasteiger partial charge is 0.338 e. The van der Waals surface area contributed by atoms with Gasteiger partial charge in [0.1, 0.15) is 17.6 Å². The number of methoxy groups -OCH3 is 1. The third-order valence-electron chi connectivity index (χ3n) is 2.37. The first-order valence-corrected chi connectivity index (χ1v) is 5.37. The van der Waals surface area contributed by atoms with E-state index in [1.54, 1.807) is 6.07 Å². The summed E-state index contributed by atoms with van der Waals surface area (Å²) in [6.45, 7) is 4.03. The minimum Gasteiger partial charge on any atom is -0.465 e. The van der Waals surface area contributed by atoms with Crippen molar-refractivity contribution in [2.45, 2.75) is 26.3 Å². The lowest BCUT2D eigenvalue weighted by molar-refractivity contribution is 0.0600. The Balaban J connectivity index is 3.06. The first-order chi connectivity index (χ1) is 8.10. The van der Waals surface area contributed by atoms with E-state index in [1.807, 2.05) is 19.9 Å². The van der Waals surface area contributed by atoms with Crippen LogP contribution in [0.15, 0.2) is 12.1 Å². The van der Waals surface area contributed by atoms with Crippen LogP contribution in [0, 0.1) is 11.3 Å². The van der Waals surface area contributed by atoms with Gasteiger partial charge in [0.15, 0.2) is 0 Å². The highest BCUT2D eigenvalue weighted by Gasteiger charge is 2.10. The van der Waals surface area contributed by atoms with E-state index in [1.165, 1.54) is 13.2 Å². The first-order valence-electron chi connectivity index (χ1n) is 5.37. The summed E-state index contributed by atoms with van der Waals surface area (Å²) in [4.78, 5) is 15.5. The van der Waals surface area contributed by atoms with Crippen LogP contribution in [0.25, 0.3) is 0 Å². The molecule has 0 spiro atoms. The normalized spacial score (nSPS) is 11.4.